The molecule has 5 nitrogen and oxygen atoms in total. The Morgan fingerprint density at radius 3 is 2.70 bits per heavy atom. The van der Waals surface area contributed by atoms with Crippen LogP contribution >= 0.6 is 35.7 Å². The maximum Gasteiger partial charge on any atom is 0.310 e. The van der Waals surface area contributed by atoms with E-state index in [9.17, 15) is 9.59 Å². The third kappa shape index (κ3) is 9.15. The Labute approximate surface area is 178 Å². The van der Waals surface area contributed by atoms with Crippen molar-refractivity contribution in [3.8, 4) is 0 Å². The Hall–Kier alpha value is -0.310. The van der Waals surface area contributed by atoms with E-state index >= 15 is 0 Å². The van der Waals surface area contributed by atoms with Gasteiger partial charge in [0.1, 0.15) is 10.1 Å². The van der Waals surface area contributed by atoms with Gasteiger partial charge in [-0.1, -0.05) is 26.1 Å². The number of nitrogens with one attached hydrogen (secondary N) is 1. The second kappa shape index (κ2) is 13.0. The van der Waals surface area contributed by atoms with Crippen LogP contribution < -0.4 is 5.32 Å². The summed E-state index contributed by atoms with van der Waals surface area (Å²) in [7, 11) is 0. The Morgan fingerprint density at radius 1 is 1.37 bits per heavy atom. The molecule has 1 aliphatic rings. The van der Waals surface area contributed by atoms with Crippen LogP contribution in [0.2, 0.25) is 0 Å². The summed E-state index contributed by atoms with van der Waals surface area (Å²) < 4.78 is 6.10. The summed E-state index contributed by atoms with van der Waals surface area (Å²) in [6.07, 6.45) is 3.28. The van der Waals surface area contributed by atoms with Gasteiger partial charge >= 0.3 is 5.97 Å². The van der Waals surface area contributed by atoms with Gasteiger partial charge in [-0.25, -0.2) is 0 Å². The molecule has 1 fully saturated rings. The van der Waals surface area contributed by atoms with Gasteiger partial charge in [0.25, 0.3) is 0 Å². The first-order valence-electron chi connectivity index (χ1n) is 9.82. The Morgan fingerprint density at radius 2 is 2.11 bits per heavy atom. The van der Waals surface area contributed by atoms with Crippen molar-refractivity contribution in [2.45, 2.75) is 58.1 Å². The fourth-order valence-corrected chi connectivity index (χ4v) is 6.28. The average molecular weight is 435 g/mol. The molecule has 0 saturated carbocycles. The minimum atomic E-state index is -0.340. The van der Waals surface area contributed by atoms with Crippen molar-refractivity contribution in [2.24, 2.45) is 5.92 Å². The Kier molecular flexibility index (Phi) is 11.9. The molecule has 156 valence electrons. The molecule has 0 aliphatic carbocycles. The number of esters is 1. The second-order valence-electron chi connectivity index (χ2n) is 7.13. The molecule has 0 spiro atoms. The molecule has 0 aromatic rings. The van der Waals surface area contributed by atoms with Gasteiger partial charge in [-0.2, -0.15) is 0 Å². The van der Waals surface area contributed by atoms with Crippen LogP contribution in [-0.2, 0) is 14.3 Å². The molecule has 1 N–H and O–H groups in total. The van der Waals surface area contributed by atoms with E-state index in [1.54, 1.807) is 28.4 Å². The highest BCUT2D eigenvalue weighted by atomic mass is 32.2. The molecular formula is C19H34N2O3S3. The van der Waals surface area contributed by atoms with Crippen LogP contribution in [0.15, 0.2) is 0 Å². The first-order chi connectivity index (χ1) is 12.8. The summed E-state index contributed by atoms with van der Waals surface area (Å²) in [5.74, 6) is 0.640. The van der Waals surface area contributed by atoms with Crippen LogP contribution in [0.25, 0.3) is 0 Å². The Bertz CT molecular complexity index is 501. The zero-order valence-corrected chi connectivity index (χ0v) is 19.5. The number of amides is 1. The van der Waals surface area contributed by atoms with Crippen LogP contribution in [-0.4, -0.2) is 63.6 Å². The summed E-state index contributed by atoms with van der Waals surface area (Å²) in [6, 6.07) is 0. The van der Waals surface area contributed by atoms with E-state index in [0.717, 1.165) is 41.8 Å². The molecule has 1 heterocycles. The molecule has 8 heteroatoms. The molecule has 0 aromatic carbocycles. The van der Waals surface area contributed by atoms with Crippen molar-refractivity contribution in [1.29, 1.82) is 0 Å². The number of ether oxygens (including phenoxy) is 1. The highest BCUT2D eigenvalue weighted by Gasteiger charge is 2.37. The number of nitrogens with zero attached hydrogens (tertiary/aromatic N) is 1. The van der Waals surface area contributed by atoms with Crippen molar-refractivity contribution in [3.05, 3.63) is 0 Å². The predicted octanol–water partition coefficient (Wildman–Crippen LogP) is 3.71. The van der Waals surface area contributed by atoms with Crippen LogP contribution in [0.4, 0.5) is 0 Å². The van der Waals surface area contributed by atoms with Gasteiger partial charge in [0.05, 0.1) is 12.5 Å². The van der Waals surface area contributed by atoms with Crippen LogP contribution in [0.5, 0.6) is 0 Å². The maximum atomic E-state index is 12.8. The first-order valence-corrected chi connectivity index (χ1v) is 12.0. The van der Waals surface area contributed by atoms with Crippen molar-refractivity contribution in [2.75, 3.05) is 38.5 Å². The third-order valence-electron chi connectivity index (χ3n) is 4.55. The molecule has 1 aliphatic heterocycles. The summed E-state index contributed by atoms with van der Waals surface area (Å²) in [5, 5.41) is 3.37. The molecule has 0 bridgehead atoms. The number of thioether (sulfide) groups is 2. The van der Waals surface area contributed by atoms with Gasteiger partial charge in [0, 0.05) is 17.7 Å². The van der Waals surface area contributed by atoms with Crippen molar-refractivity contribution in [1.82, 2.24) is 10.2 Å². The molecule has 1 rings (SSSR count). The van der Waals surface area contributed by atoms with Gasteiger partial charge in [0.15, 0.2) is 0 Å². The number of carbonyl (C=O) groups excluding carboxylic acids is 2. The number of carbonyl (C=O) groups is 2. The predicted molar refractivity (Wildman–Crippen MR) is 120 cm³/mol. The minimum Gasteiger partial charge on any atom is -0.464 e. The van der Waals surface area contributed by atoms with Crippen molar-refractivity contribution < 1.29 is 14.3 Å². The largest absolute Gasteiger partial charge is 0.464 e. The van der Waals surface area contributed by atoms with Gasteiger partial charge in [-0.3, -0.25) is 9.59 Å². The van der Waals surface area contributed by atoms with E-state index in [-0.39, 0.29) is 29.1 Å². The molecule has 1 unspecified atom stereocenters. The van der Waals surface area contributed by atoms with Gasteiger partial charge < -0.3 is 15.0 Å². The third-order valence-corrected chi connectivity index (χ3v) is 7.25. The fraction of sp³-hybridized carbons (Fsp3) is 0.842. The normalized spacial score (nSPS) is 15.9. The quantitative estimate of drug-likeness (QED) is 0.285. The van der Waals surface area contributed by atoms with Crippen LogP contribution in [0.3, 0.4) is 0 Å². The molecule has 27 heavy (non-hydrogen) atoms. The molecule has 1 atom stereocenters. The average Bonchev–Trinajstić information content (AvgIpc) is 2.99. The highest BCUT2D eigenvalue weighted by molar-refractivity contribution is 8.47. The lowest BCUT2D eigenvalue weighted by Crippen LogP contribution is -2.39. The Balaban J connectivity index is 2.62. The van der Waals surface area contributed by atoms with E-state index in [4.69, 9.17) is 17.0 Å². The topological polar surface area (TPSA) is 58.6 Å². The van der Waals surface area contributed by atoms with Crippen LogP contribution in [0.1, 0.15) is 53.4 Å². The zero-order chi connectivity index (χ0) is 20.3. The van der Waals surface area contributed by atoms with Gasteiger partial charge in [-0.05, 0) is 52.0 Å². The highest BCUT2D eigenvalue weighted by Crippen LogP contribution is 2.39. The molecule has 0 aromatic heterocycles. The fourth-order valence-electron chi connectivity index (χ4n) is 3.03. The smallest absolute Gasteiger partial charge is 0.310 e. The molecular weight excluding hydrogens is 400 g/mol. The standard InChI is InChI=1S/C19H34N2O3S3/c1-5-10-20-11-9-15(19(3,4)27-18(25)26-6-2)17(23)24-14-13-21-12-7-8-16(21)22/h15,20H,5-14H2,1-4H3. The number of hydrogen-bond donors (Lipinski definition) is 1. The number of hydrogen-bond acceptors (Lipinski definition) is 7. The number of likely N-dealkylation sites (tertiary alicyclic amines) is 1. The molecule has 0 radical (unpaired) electrons. The zero-order valence-electron chi connectivity index (χ0n) is 17.0. The maximum absolute atomic E-state index is 12.8. The lowest BCUT2D eigenvalue weighted by molar-refractivity contribution is -0.151. The second-order valence-corrected chi connectivity index (χ2v) is 11.3. The van der Waals surface area contributed by atoms with Crippen LogP contribution in [0, 0.1) is 5.92 Å². The first kappa shape index (κ1) is 24.7. The van der Waals surface area contributed by atoms with Crippen molar-refractivity contribution in [3.63, 3.8) is 0 Å². The monoisotopic (exact) mass is 434 g/mol. The summed E-state index contributed by atoms with van der Waals surface area (Å²) >= 11 is 8.67. The van der Waals surface area contributed by atoms with E-state index in [1.165, 1.54) is 0 Å². The van der Waals surface area contributed by atoms with Gasteiger partial charge in [-0.15, -0.1) is 23.5 Å². The number of rotatable bonds is 12. The number of thiocarbonyl (C=S) groups is 1. The van der Waals surface area contributed by atoms with E-state index < -0.39 is 0 Å². The SMILES string of the molecule is CCCNCCC(C(=O)OCCN1CCCC1=O)C(C)(C)SC(=S)SCC. The molecule has 1 saturated heterocycles. The summed E-state index contributed by atoms with van der Waals surface area (Å²) in [6.45, 7) is 11.6. The summed E-state index contributed by atoms with van der Waals surface area (Å²) in [5.41, 5.74) is 0. The molecule has 1 amide bonds. The van der Waals surface area contributed by atoms with Crippen molar-refractivity contribution >= 4 is 51.1 Å². The van der Waals surface area contributed by atoms with E-state index in [0.29, 0.717) is 19.4 Å². The summed E-state index contributed by atoms with van der Waals surface area (Å²) in [4.78, 5) is 26.3. The lowest BCUT2D eigenvalue weighted by atomic mass is 9.91. The van der Waals surface area contributed by atoms with E-state index in [1.807, 2.05) is 0 Å². The minimum absolute atomic E-state index is 0.157. The van der Waals surface area contributed by atoms with Gasteiger partial charge in [0.2, 0.25) is 5.91 Å². The lowest BCUT2D eigenvalue weighted by Gasteiger charge is -2.32. The van der Waals surface area contributed by atoms with E-state index in [2.05, 4.69) is 33.0 Å².